The standard InChI is InChI=1S/C54H69N11O19S/c55-33(46(73)61-39(26-45(71)72)50(77)63-40(29-85)53(82)83)27-58-48(75)37(24-31-13-6-2-7-14-31)62-49(76)38(25-32-15-8-3-9-16-32)60-43(68)28-57-41(66)17-10-22-56-47(74)36(23-30-11-4-1-5-12-30)59-42(67)20-18-34(51(78)79)64-54(84)65-35(52(80)81)19-21-44(69)70/h1-9,11-16,33-40,85H,10,17-29,55H2,(H,56,74)(H,57,66)(H,58,75)(H,59,67)(H,60,68)(H,61,73)(H,62,76)(H,63,77)(H,69,70)(H,71,72)(H,78,79)(H,80,81)(H,82,83)(H2,64,65,84)/t33-,34?,35-,36?,37-,38-,39-,40-/m0/s1. The Kier molecular flexibility index (Phi) is 30.1. The summed E-state index contributed by atoms with van der Waals surface area (Å²) in [6, 6.07) is 11.9. The molecule has 0 fully saturated rings. The maximum Gasteiger partial charge on any atom is 0.327 e. The normalized spacial score (nSPS) is 13.5. The second-order valence-electron chi connectivity index (χ2n) is 19.0. The summed E-state index contributed by atoms with van der Waals surface area (Å²) in [6.07, 6.45) is -3.50. The van der Waals surface area contributed by atoms with Crippen LogP contribution in [0, 0.1) is 0 Å². The van der Waals surface area contributed by atoms with Gasteiger partial charge in [0.05, 0.1) is 13.0 Å². The third kappa shape index (κ3) is 27.3. The summed E-state index contributed by atoms with van der Waals surface area (Å²) < 4.78 is 0. The predicted molar refractivity (Wildman–Crippen MR) is 301 cm³/mol. The predicted octanol–water partition coefficient (Wildman–Crippen LogP) is -3.07. The minimum absolute atomic E-state index is 0.0236. The average molecular weight is 1210 g/mol. The summed E-state index contributed by atoms with van der Waals surface area (Å²) in [7, 11) is 0. The van der Waals surface area contributed by atoms with Crippen LogP contribution in [0.25, 0.3) is 0 Å². The fourth-order valence-corrected chi connectivity index (χ4v) is 8.02. The van der Waals surface area contributed by atoms with Gasteiger partial charge in [-0.25, -0.2) is 19.2 Å². The molecule has 2 unspecified atom stereocenters. The van der Waals surface area contributed by atoms with E-state index >= 15 is 0 Å². The summed E-state index contributed by atoms with van der Waals surface area (Å²) in [5.41, 5.74) is 7.81. The molecule has 0 saturated carbocycles. The van der Waals surface area contributed by atoms with Gasteiger partial charge in [-0.3, -0.25) is 47.9 Å². The Balaban J connectivity index is 1.62. The van der Waals surface area contributed by atoms with Gasteiger partial charge >= 0.3 is 35.9 Å². The fourth-order valence-electron chi connectivity index (χ4n) is 7.78. The van der Waals surface area contributed by atoms with E-state index in [2.05, 4.69) is 55.2 Å². The van der Waals surface area contributed by atoms with Crippen LogP contribution in [0.3, 0.4) is 0 Å². The molecule has 0 bridgehead atoms. The van der Waals surface area contributed by atoms with Gasteiger partial charge in [-0.15, -0.1) is 0 Å². The molecule has 10 amide bonds. The molecule has 0 spiro atoms. The monoisotopic (exact) mass is 1210 g/mol. The van der Waals surface area contributed by atoms with E-state index in [1.54, 1.807) is 91.0 Å². The summed E-state index contributed by atoms with van der Waals surface area (Å²) in [6.45, 7) is -1.32. The molecule has 3 aromatic rings. The van der Waals surface area contributed by atoms with E-state index in [4.69, 9.17) is 10.8 Å². The number of carbonyl (C=O) groups is 14. The SMILES string of the molecule is N[C@@H](CNC(=O)[C@H](Cc1ccccc1)NC(=O)[C@H](Cc1ccccc1)NC(=O)CNC(=O)CCCNC(=O)C(Cc1ccccc1)NC(=O)CCC(NC(=O)N[C@@H](CCC(=O)O)C(=O)O)C(=O)O)C(=O)N[C@@H](CC(=O)O)C(=O)N[C@@H](CS)C(=O)O. The van der Waals surface area contributed by atoms with Gasteiger partial charge < -0.3 is 84.4 Å². The number of carboxylic acid groups (broad SMARTS) is 5. The lowest BCUT2D eigenvalue weighted by Crippen LogP contribution is -2.59. The van der Waals surface area contributed by atoms with Crippen molar-refractivity contribution in [1.29, 1.82) is 0 Å². The fraction of sp³-hybridized carbons (Fsp3) is 0.407. The molecule has 0 radical (unpaired) electrons. The lowest BCUT2D eigenvalue weighted by atomic mass is 10.0. The lowest BCUT2D eigenvalue weighted by molar-refractivity contribution is -0.143. The molecule has 17 N–H and O–H groups in total. The molecule has 0 aliphatic rings. The Labute approximate surface area is 491 Å². The second-order valence-corrected chi connectivity index (χ2v) is 19.4. The summed E-state index contributed by atoms with van der Waals surface area (Å²) in [5, 5.41) is 70.0. The van der Waals surface area contributed by atoms with Gasteiger partial charge in [-0.1, -0.05) is 91.0 Å². The van der Waals surface area contributed by atoms with Crippen LogP contribution < -0.4 is 58.9 Å². The molecule has 0 heterocycles. The van der Waals surface area contributed by atoms with Gasteiger partial charge in [0.15, 0.2) is 0 Å². The zero-order valence-corrected chi connectivity index (χ0v) is 46.5. The van der Waals surface area contributed by atoms with Crippen molar-refractivity contribution in [2.75, 3.05) is 25.4 Å². The molecule has 85 heavy (non-hydrogen) atoms. The van der Waals surface area contributed by atoms with E-state index in [-0.39, 0.29) is 44.4 Å². The van der Waals surface area contributed by atoms with Crippen LogP contribution in [0.5, 0.6) is 0 Å². The number of carbonyl (C=O) groups excluding carboxylic acids is 9. The Morgan fingerprint density at radius 3 is 1.31 bits per heavy atom. The highest BCUT2D eigenvalue weighted by molar-refractivity contribution is 7.80. The van der Waals surface area contributed by atoms with Crippen molar-refractivity contribution in [2.45, 2.75) is 113 Å². The number of amides is 10. The van der Waals surface area contributed by atoms with Crippen LogP contribution in [0.2, 0.25) is 0 Å². The number of nitrogens with one attached hydrogen (secondary N) is 10. The molecule has 0 aromatic heterocycles. The molecule has 8 atom stereocenters. The number of rotatable bonds is 38. The molecule has 3 aromatic carbocycles. The van der Waals surface area contributed by atoms with Gasteiger partial charge in [0.2, 0.25) is 47.3 Å². The third-order valence-corrected chi connectivity index (χ3v) is 12.6. The summed E-state index contributed by atoms with van der Waals surface area (Å²) in [4.78, 5) is 176. The first-order valence-electron chi connectivity index (χ1n) is 26.3. The zero-order chi connectivity index (χ0) is 63.0. The van der Waals surface area contributed by atoms with E-state index in [1.165, 1.54) is 0 Å². The maximum atomic E-state index is 14.1. The second kappa shape index (κ2) is 36.7. The molecule has 31 heteroatoms. The number of nitrogens with two attached hydrogens (primary N) is 1. The smallest absolute Gasteiger partial charge is 0.327 e. The first-order chi connectivity index (χ1) is 40.3. The van der Waals surface area contributed by atoms with Crippen LogP contribution >= 0.6 is 12.6 Å². The number of benzene rings is 3. The molecular weight excluding hydrogens is 1140 g/mol. The molecule has 3 rings (SSSR count). The summed E-state index contributed by atoms with van der Waals surface area (Å²) >= 11 is 3.85. The first kappa shape index (κ1) is 69.6. The van der Waals surface area contributed by atoms with E-state index in [0.29, 0.717) is 16.7 Å². The molecule has 30 nitrogen and oxygen atoms in total. The quantitative estimate of drug-likeness (QED) is 0.0200. The van der Waals surface area contributed by atoms with Gasteiger partial charge in [0, 0.05) is 57.4 Å². The average Bonchev–Trinajstić information content (AvgIpc) is 3.65. The highest BCUT2D eigenvalue weighted by Gasteiger charge is 2.32. The van der Waals surface area contributed by atoms with Crippen LogP contribution in [-0.2, 0) is 81.6 Å². The number of carboxylic acids is 5. The number of hydrogen-bond acceptors (Lipinski definition) is 16. The van der Waals surface area contributed by atoms with Crippen molar-refractivity contribution < 1.29 is 92.7 Å². The van der Waals surface area contributed by atoms with E-state index in [0.717, 1.165) is 0 Å². The highest BCUT2D eigenvalue weighted by Crippen LogP contribution is 2.10. The Hall–Kier alpha value is -9.65. The lowest BCUT2D eigenvalue weighted by Gasteiger charge is -2.24. The van der Waals surface area contributed by atoms with Crippen molar-refractivity contribution in [3.05, 3.63) is 108 Å². The first-order valence-corrected chi connectivity index (χ1v) is 27.0. The minimum Gasteiger partial charge on any atom is -0.481 e. The van der Waals surface area contributed by atoms with E-state index in [1.807, 2.05) is 10.6 Å². The molecule has 0 aliphatic heterocycles. The highest BCUT2D eigenvalue weighted by atomic mass is 32.1. The minimum atomic E-state index is -1.77. The molecule has 0 aliphatic carbocycles. The largest absolute Gasteiger partial charge is 0.481 e. The Morgan fingerprint density at radius 1 is 0.412 bits per heavy atom. The van der Waals surface area contributed by atoms with Crippen molar-refractivity contribution in [3.8, 4) is 0 Å². The Bertz CT molecular complexity index is 2820. The topological polar surface area (TPSA) is 486 Å². The van der Waals surface area contributed by atoms with Crippen molar-refractivity contribution in [3.63, 3.8) is 0 Å². The number of hydrogen-bond donors (Lipinski definition) is 17. The molecule has 0 saturated heterocycles. The van der Waals surface area contributed by atoms with E-state index in [9.17, 15) is 87.5 Å². The Morgan fingerprint density at radius 2 is 0.835 bits per heavy atom. The third-order valence-electron chi connectivity index (χ3n) is 12.3. The summed E-state index contributed by atoms with van der Waals surface area (Å²) in [5.74, 6) is -14.7. The van der Waals surface area contributed by atoms with Gasteiger partial charge in [-0.2, -0.15) is 12.6 Å². The van der Waals surface area contributed by atoms with Gasteiger partial charge in [0.1, 0.15) is 48.3 Å². The molecule has 460 valence electrons. The number of urea groups is 1. The van der Waals surface area contributed by atoms with Crippen LogP contribution in [0.4, 0.5) is 4.79 Å². The van der Waals surface area contributed by atoms with Crippen LogP contribution in [0.1, 0.15) is 61.6 Å². The van der Waals surface area contributed by atoms with Crippen LogP contribution in [-0.4, -0.2) is 182 Å². The number of thiol groups is 1. The molecular formula is C54H69N11O19S. The van der Waals surface area contributed by atoms with E-state index < -0.39 is 177 Å². The van der Waals surface area contributed by atoms with Crippen molar-refractivity contribution in [2.24, 2.45) is 5.73 Å². The number of aliphatic carboxylic acids is 5. The van der Waals surface area contributed by atoms with Gasteiger partial charge in [0.25, 0.3) is 0 Å². The van der Waals surface area contributed by atoms with Crippen LogP contribution in [0.15, 0.2) is 91.0 Å². The van der Waals surface area contributed by atoms with Crippen molar-refractivity contribution >= 4 is 95.8 Å². The van der Waals surface area contributed by atoms with Crippen molar-refractivity contribution in [1.82, 2.24) is 53.2 Å². The van der Waals surface area contributed by atoms with Gasteiger partial charge in [-0.05, 0) is 36.0 Å². The maximum absolute atomic E-state index is 14.1. The zero-order valence-electron chi connectivity index (χ0n) is 45.7.